The zero-order valence-electron chi connectivity index (χ0n) is 18.3. The molecule has 0 spiro atoms. The van der Waals surface area contributed by atoms with E-state index >= 15 is 0 Å². The summed E-state index contributed by atoms with van der Waals surface area (Å²) in [4.78, 5) is 27.9. The first-order valence-electron chi connectivity index (χ1n) is 10.9. The van der Waals surface area contributed by atoms with Gasteiger partial charge in [-0.15, -0.1) is 0 Å². The largest absolute Gasteiger partial charge is 0.346 e. The van der Waals surface area contributed by atoms with Gasteiger partial charge in [0.25, 0.3) is 0 Å². The second-order valence-corrected chi connectivity index (χ2v) is 8.29. The van der Waals surface area contributed by atoms with E-state index in [-0.39, 0.29) is 17.9 Å². The second-order valence-electron chi connectivity index (χ2n) is 8.29. The Hall–Kier alpha value is -4.13. The summed E-state index contributed by atoms with van der Waals surface area (Å²) < 4.78 is 1.99. The predicted octanol–water partition coefficient (Wildman–Crippen LogP) is 2.85. The number of anilines is 1. The van der Waals surface area contributed by atoms with Crippen molar-refractivity contribution in [3.8, 4) is 6.07 Å². The van der Waals surface area contributed by atoms with Crippen molar-refractivity contribution in [2.75, 3.05) is 18.0 Å². The molecule has 3 unspecified atom stereocenters. The molecule has 1 saturated heterocycles. The molecular weight excluding hydrogens is 416 g/mol. The molecule has 0 radical (unpaired) electrons. The number of nitrogens with one attached hydrogen (secondary N) is 2. The molecular formula is C23H24N10. The molecule has 0 saturated carbocycles. The van der Waals surface area contributed by atoms with Crippen LogP contribution in [0.1, 0.15) is 24.5 Å². The average molecular weight is 441 g/mol. The number of hydrogen-bond donors (Lipinski definition) is 2. The molecule has 166 valence electrons. The van der Waals surface area contributed by atoms with Crippen LogP contribution < -0.4 is 4.90 Å². The second kappa shape index (κ2) is 8.78. The molecule has 3 atom stereocenters. The lowest BCUT2D eigenvalue weighted by molar-refractivity contribution is 0.467. The van der Waals surface area contributed by atoms with E-state index in [0.717, 1.165) is 47.3 Å². The summed E-state index contributed by atoms with van der Waals surface area (Å²) in [6.07, 6.45) is 11.4. The highest BCUT2D eigenvalue weighted by atomic mass is 15.3. The Kier molecular flexibility index (Phi) is 5.52. The molecule has 5 rings (SSSR count). The standard InChI is InChI=1S/C23H24N10/c1-32-8-4-15-11-28-23(31-22(15)32)33-9-5-16(13-33)19(2-6-24)27-12-17(10-25)20-18-3-7-26-21(18)30-14-29-20/h3-4,7-8,10-12,14,16-17,19,25H,2,5,9,13H2,1H3,(H,26,29,30). The number of H-pyrrole nitrogens is 1. The number of nitriles is 1. The molecule has 10 heteroatoms. The van der Waals surface area contributed by atoms with Gasteiger partial charge in [0.2, 0.25) is 5.95 Å². The Morgan fingerprint density at radius 1 is 1.36 bits per heavy atom. The van der Waals surface area contributed by atoms with Gasteiger partial charge in [-0.2, -0.15) is 10.2 Å². The zero-order chi connectivity index (χ0) is 22.8. The number of aryl methyl sites for hydroxylation is 1. The minimum Gasteiger partial charge on any atom is -0.346 e. The molecule has 33 heavy (non-hydrogen) atoms. The Labute approximate surface area is 190 Å². The van der Waals surface area contributed by atoms with Crippen LogP contribution in [0.5, 0.6) is 0 Å². The van der Waals surface area contributed by atoms with Crippen LogP contribution in [-0.4, -0.2) is 61.0 Å². The Balaban J connectivity index is 1.34. The summed E-state index contributed by atoms with van der Waals surface area (Å²) >= 11 is 0. The lowest BCUT2D eigenvalue weighted by Gasteiger charge is -2.19. The highest BCUT2D eigenvalue weighted by molar-refractivity contribution is 5.94. The number of hydrogen-bond acceptors (Lipinski definition) is 8. The van der Waals surface area contributed by atoms with Crippen LogP contribution >= 0.6 is 0 Å². The number of aromatic amines is 1. The summed E-state index contributed by atoms with van der Waals surface area (Å²) in [6, 6.07) is 6.02. The van der Waals surface area contributed by atoms with Gasteiger partial charge in [0.15, 0.2) is 0 Å². The van der Waals surface area contributed by atoms with Crippen molar-refractivity contribution in [2.24, 2.45) is 18.0 Å². The van der Waals surface area contributed by atoms with E-state index in [2.05, 4.69) is 30.9 Å². The maximum atomic E-state index is 9.42. The van der Waals surface area contributed by atoms with E-state index in [4.69, 9.17) is 15.4 Å². The Morgan fingerprint density at radius 2 is 2.27 bits per heavy atom. The molecule has 1 aliphatic rings. The molecule has 10 nitrogen and oxygen atoms in total. The molecule has 1 aliphatic heterocycles. The van der Waals surface area contributed by atoms with Gasteiger partial charge in [0.1, 0.15) is 17.6 Å². The van der Waals surface area contributed by atoms with Crippen LogP contribution in [0.25, 0.3) is 22.1 Å². The monoisotopic (exact) mass is 440 g/mol. The van der Waals surface area contributed by atoms with Crippen LogP contribution in [0.15, 0.2) is 42.0 Å². The van der Waals surface area contributed by atoms with Gasteiger partial charge < -0.3 is 19.9 Å². The number of nitrogens with zero attached hydrogens (tertiary/aromatic N) is 8. The van der Waals surface area contributed by atoms with Gasteiger partial charge >= 0.3 is 0 Å². The minimum absolute atomic E-state index is 0.162. The first-order chi connectivity index (χ1) is 16.2. The van der Waals surface area contributed by atoms with Gasteiger partial charge in [0, 0.05) is 67.8 Å². The van der Waals surface area contributed by atoms with Crippen molar-refractivity contribution in [2.45, 2.75) is 24.8 Å². The van der Waals surface area contributed by atoms with Crippen molar-refractivity contribution < 1.29 is 0 Å². The molecule has 1 fully saturated rings. The first-order valence-corrected chi connectivity index (χ1v) is 10.9. The molecule has 0 amide bonds. The normalized spacial score (nSPS) is 18.2. The molecule has 4 aromatic rings. The van der Waals surface area contributed by atoms with Gasteiger partial charge in [-0.25, -0.2) is 15.0 Å². The van der Waals surface area contributed by atoms with Gasteiger partial charge in [-0.05, 0) is 18.6 Å². The predicted molar refractivity (Wildman–Crippen MR) is 127 cm³/mol. The Bertz CT molecular complexity index is 1360. The van der Waals surface area contributed by atoms with E-state index < -0.39 is 0 Å². The Morgan fingerprint density at radius 3 is 3.12 bits per heavy atom. The molecule has 5 heterocycles. The lowest BCUT2D eigenvalue weighted by Crippen LogP contribution is -2.26. The molecule has 0 aliphatic carbocycles. The lowest BCUT2D eigenvalue weighted by atomic mass is 9.96. The quantitative estimate of drug-likeness (QED) is 0.424. The van der Waals surface area contributed by atoms with Gasteiger partial charge in [-0.3, -0.25) is 4.99 Å². The summed E-state index contributed by atoms with van der Waals surface area (Å²) in [7, 11) is 1.97. The van der Waals surface area contributed by atoms with Crippen LogP contribution in [0.2, 0.25) is 0 Å². The molecule has 4 aromatic heterocycles. The third-order valence-electron chi connectivity index (χ3n) is 6.27. The van der Waals surface area contributed by atoms with Crippen molar-refractivity contribution in [1.29, 1.82) is 10.7 Å². The third kappa shape index (κ3) is 3.93. The minimum atomic E-state index is -0.381. The number of fused-ring (bicyclic) bond motifs is 2. The van der Waals surface area contributed by atoms with Gasteiger partial charge in [0.05, 0.1) is 30.1 Å². The van der Waals surface area contributed by atoms with E-state index in [1.165, 1.54) is 12.5 Å². The van der Waals surface area contributed by atoms with E-state index in [1.807, 2.05) is 36.1 Å². The molecule has 0 aromatic carbocycles. The fourth-order valence-corrected chi connectivity index (χ4v) is 4.46. The summed E-state index contributed by atoms with van der Waals surface area (Å²) in [5.41, 5.74) is 2.37. The fraction of sp³-hybridized carbons (Fsp3) is 0.348. The maximum Gasteiger partial charge on any atom is 0.227 e. The summed E-state index contributed by atoms with van der Waals surface area (Å²) in [5, 5.41) is 19.2. The number of rotatable bonds is 7. The average Bonchev–Trinajstić information content (AvgIpc) is 3.59. The van der Waals surface area contributed by atoms with E-state index in [9.17, 15) is 5.26 Å². The van der Waals surface area contributed by atoms with Gasteiger partial charge in [-0.1, -0.05) is 0 Å². The topological polar surface area (TPSA) is 136 Å². The summed E-state index contributed by atoms with van der Waals surface area (Å²) in [6.45, 7) is 1.56. The third-order valence-corrected chi connectivity index (χ3v) is 6.27. The van der Waals surface area contributed by atoms with Crippen molar-refractivity contribution in [1.82, 2.24) is 29.5 Å². The highest BCUT2D eigenvalue weighted by Crippen LogP contribution is 2.28. The number of aromatic nitrogens is 6. The summed E-state index contributed by atoms with van der Waals surface area (Å²) in [5.74, 6) is 0.533. The SMILES string of the molecule is Cn1ccc2cnc(N3CCC(C(CC#N)N=CC(C=N)c4ncnc5[nH]ccc45)C3)nc21. The zero-order valence-corrected chi connectivity index (χ0v) is 18.3. The smallest absolute Gasteiger partial charge is 0.227 e. The van der Waals surface area contributed by atoms with E-state index in [1.54, 1.807) is 12.4 Å². The van der Waals surface area contributed by atoms with Crippen molar-refractivity contribution >= 4 is 40.4 Å². The van der Waals surface area contributed by atoms with Crippen LogP contribution in [-0.2, 0) is 7.05 Å². The first kappa shape index (κ1) is 20.8. The molecule has 2 N–H and O–H groups in total. The molecule has 0 bridgehead atoms. The number of aliphatic imine (C=N–C) groups is 1. The van der Waals surface area contributed by atoms with Crippen LogP contribution in [0, 0.1) is 22.7 Å². The van der Waals surface area contributed by atoms with Crippen LogP contribution in [0.3, 0.4) is 0 Å². The van der Waals surface area contributed by atoms with Crippen LogP contribution in [0.4, 0.5) is 5.95 Å². The van der Waals surface area contributed by atoms with Crippen molar-refractivity contribution in [3.05, 3.63) is 42.7 Å². The fourth-order valence-electron chi connectivity index (χ4n) is 4.46. The van der Waals surface area contributed by atoms with Crippen molar-refractivity contribution in [3.63, 3.8) is 0 Å². The highest BCUT2D eigenvalue weighted by Gasteiger charge is 2.31. The van der Waals surface area contributed by atoms with E-state index in [0.29, 0.717) is 12.4 Å². The maximum absolute atomic E-state index is 9.42.